The average Bonchev–Trinajstić information content (AvgIpc) is 2.97. The van der Waals surface area contributed by atoms with Crippen LogP contribution in [0.5, 0.6) is 11.5 Å². The summed E-state index contributed by atoms with van der Waals surface area (Å²) in [6.07, 6.45) is 2.15. The van der Waals surface area contributed by atoms with Gasteiger partial charge in [-0.05, 0) is 30.5 Å². The van der Waals surface area contributed by atoms with Gasteiger partial charge < -0.3 is 15.2 Å². The molecule has 1 saturated carbocycles. The van der Waals surface area contributed by atoms with Crippen LogP contribution >= 0.6 is 12.4 Å². The molecule has 3 nitrogen and oxygen atoms in total. The molecule has 0 aromatic heterocycles. The minimum absolute atomic E-state index is 0. The molecule has 0 bridgehead atoms. The van der Waals surface area contributed by atoms with E-state index in [-0.39, 0.29) is 17.9 Å². The third-order valence-electron chi connectivity index (χ3n) is 2.91. The van der Waals surface area contributed by atoms with Crippen molar-refractivity contribution in [3.05, 3.63) is 23.8 Å². The molecule has 0 spiro atoms. The van der Waals surface area contributed by atoms with Crippen molar-refractivity contribution in [1.29, 1.82) is 0 Å². The number of hydrogen-bond donors (Lipinski definition) is 1. The van der Waals surface area contributed by atoms with Crippen LogP contribution in [-0.2, 0) is 5.54 Å². The number of ether oxygens (including phenoxy) is 2. The van der Waals surface area contributed by atoms with Gasteiger partial charge in [-0.2, -0.15) is 0 Å². The quantitative estimate of drug-likeness (QED) is 0.796. The van der Waals surface area contributed by atoms with E-state index in [4.69, 9.17) is 15.2 Å². The van der Waals surface area contributed by atoms with Gasteiger partial charge in [-0.15, -0.1) is 12.4 Å². The summed E-state index contributed by atoms with van der Waals surface area (Å²) in [5.74, 6) is 1.68. The summed E-state index contributed by atoms with van der Waals surface area (Å²) in [4.78, 5) is 0. The maximum Gasteiger partial charge on any atom is 0.161 e. The highest BCUT2D eigenvalue weighted by molar-refractivity contribution is 5.85. The van der Waals surface area contributed by atoms with Gasteiger partial charge in [-0.3, -0.25) is 0 Å². The van der Waals surface area contributed by atoms with Crippen LogP contribution in [0.3, 0.4) is 0 Å². The van der Waals surface area contributed by atoms with E-state index in [1.807, 2.05) is 18.2 Å². The Morgan fingerprint density at radius 3 is 2.40 bits per heavy atom. The zero-order chi connectivity index (χ0) is 9.60. The third-order valence-corrected chi connectivity index (χ3v) is 2.91. The monoisotopic (exact) mass is 227 g/mol. The van der Waals surface area contributed by atoms with Crippen LogP contribution in [-0.4, -0.2) is 13.2 Å². The Morgan fingerprint density at radius 1 is 1.07 bits per heavy atom. The Kier molecular flexibility index (Phi) is 2.52. The van der Waals surface area contributed by atoms with Gasteiger partial charge in [0.25, 0.3) is 0 Å². The second kappa shape index (κ2) is 3.58. The van der Waals surface area contributed by atoms with Gasteiger partial charge in [-0.25, -0.2) is 0 Å². The molecule has 0 unspecified atom stereocenters. The van der Waals surface area contributed by atoms with E-state index in [2.05, 4.69) is 0 Å². The van der Waals surface area contributed by atoms with Gasteiger partial charge in [-0.1, -0.05) is 6.07 Å². The van der Waals surface area contributed by atoms with Crippen LogP contribution in [0.2, 0.25) is 0 Å². The van der Waals surface area contributed by atoms with Crippen LogP contribution in [0.1, 0.15) is 18.4 Å². The van der Waals surface area contributed by atoms with E-state index in [0.717, 1.165) is 24.3 Å². The van der Waals surface area contributed by atoms with E-state index in [0.29, 0.717) is 13.2 Å². The van der Waals surface area contributed by atoms with E-state index in [9.17, 15) is 0 Å². The molecule has 1 aliphatic heterocycles. The average molecular weight is 228 g/mol. The first-order valence-corrected chi connectivity index (χ1v) is 4.97. The molecule has 0 radical (unpaired) electrons. The molecule has 3 rings (SSSR count). The van der Waals surface area contributed by atoms with Crippen molar-refractivity contribution in [2.75, 3.05) is 13.2 Å². The third kappa shape index (κ3) is 1.77. The number of halogens is 1. The van der Waals surface area contributed by atoms with Gasteiger partial charge in [0.05, 0.1) is 0 Å². The van der Waals surface area contributed by atoms with Crippen LogP contribution < -0.4 is 15.2 Å². The zero-order valence-electron chi connectivity index (χ0n) is 8.36. The number of nitrogens with two attached hydrogens (primary N) is 1. The maximum absolute atomic E-state index is 6.10. The summed E-state index contributed by atoms with van der Waals surface area (Å²) < 4.78 is 11.0. The van der Waals surface area contributed by atoms with E-state index < -0.39 is 0 Å². The van der Waals surface area contributed by atoms with Gasteiger partial charge in [0.1, 0.15) is 13.2 Å². The fourth-order valence-electron chi connectivity index (χ4n) is 1.78. The second-order valence-corrected chi connectivity index (χ2v) is 4.01. The molecule has 15 heavy (non-hydrogen) atoms. The Labute approximate surface area is 95.0 Å². The predicted octanol–water partition coefficient (Wildman–Crippen LogP) is 1.83. The van der Waals surface area contributed by atoms with Crippen molar-refractivity contribution in [2.45, 2.75) is 18.4 Å². The summed E-state index contributed by atoms with van der Waals surface area (Å²) in [6, 6.07) is 6.01. The summed E-state index contributed by atoms with van der Waals surface area (Å²) in [5.41, 5.74) is 7.19. The Bertz CT molecular complexity index is 377. The SMILES string of the molecule is Cl.NC1(c2ccc3c(c2)OCCO3)CC1. The van der Waals surface area contributed by atoms with Crippen LogP contribution in [0.25, 0.3) is 0 Å². The molecule has 1 heterocycles. The Morgan fingerprint density at radius 2 is 1.73 bits per heavy atom. The summed E-state index contributed by atoms with van der Waals surface area (Å²) >= 11 is 0. The predicted molar refractivity (Wildman–Crippen MR) is 59.8 cm³/mol. The van der Waals surface area contributed by atoms with Crippen molar-refractivity contribution in [1.82, 2.24) is 0 Å². The fourth-order valence-corrected chi connectivity index (χ4v) is 1.78. The largest absolute Gasteiger partial charge is 0.486 e. The zero-order valence-corrected chi connectivity index (χ0v) is 9.18. The molecular weight excluding hydrogens is 214 g/mol. The van der Waals surface area contributed by atoms with Crippen LogP contribution in [0.4, 0.5) is 0 Å². The Balaban J connectivity index is 0.000000853. The molecular formula is C11H14ClNO2. The highest BCUT2D eigenvalue weighted by atomic mass is 35.5. The highest BCUT2D eigenvalue weighted by Crippen LogP contribution is 2.45. The van der Waals surface area contributed by atoms with Crippen molar-refractivity contribution >= 4 is 12.4 Å². The summed E-state index contributed by atoms with van der Waals surface area (Å²) in [7, 11) is 0. The molecule has 2 aliphatic rings. The molecule has 1 aromatic carbocycles. The lowest BCUT2D eigenvalue weighted by Gasteiger charge is -2.20. The molecule has 82 valence electrons. The normalized spacial score (nSPS) is 20.3. The standard InChI is InChI=1S/C11H13NO2.ClH/c12-11(3-4-11)8-1-2-9-10(7-8)14-6-5-13-9;/h1-2,7H,3-6,12H2;1H. The second-order valence-electron chi connectivity index (χ2n) is 4.01. The molecule has 4 heteroatoms. The summed E-state index contributed by atoms with van der Waals surface area (Å²) in [5, 5.41) is 0. The Hall–Kier alpha value is -0.930. The maximum atomic E-state index is 6.10. The first-order valence-electron chi connectivity index (χ1n) is 4.97. The minimum Gasteiger partial charge on any atom is -0.486 e. The number of fused-ring (bicyclic) bond motifs is 1. The van der Waals surface area contributed by atoms with Crippen molar-refractivity contribution < 1.29 is 9.47 Å². The molecule has 0 saturated heterocycles. The molecule has 0 amide bonds. The molecule has 2 N–H and O–H groups in total. The lowest BCUT2D eigenvalue weighted by Crippen LogP contribution is -2.20. The first kappa shape index (κ1) is 10.6. The van der Waals surface area contributed by atoms with Crippen molar-refractivity contribution in [3.8, 4) is 11.5 Å². The van der Waals surface area contributed by atoms with Crippen molar-refractivity contribution in [3.63, 3.8) is 0 Å². The van der Waals surface area contributed by atoms with Gasteiger partial charge >= 0.3 is 0 Å². The summed E-state index contributed by atoms with van der Waals surface area (Å²) in [6.45, 7) is 1.27. The topological polar surface area (TPSA) is 44.5 Å². The highest BCUT2D eigenvalue weighted by Gasteiger charge is 2.40. The van der Waals surface area contributed by atoms with E-state index >= 15 is 0 Å². The molecule has 1 fully saturated rings. The lowest BCUT2D eigenvalue weighted by atomic mass is 10.1. The lowest BCUT2D eigenvalue weighted by molar-refractivity contribution is 0.171. The van der Waals surface area contributed by atoms with E-state index in [1.165, 1.54) is 5.56 Å². The number of hydrogen-bond acceptors (Lipinski definition) is 3. The number of rotatable bonds is 1. The van der Waals surface area contributed by atoms with Crippen LogP contribution in [0.15, 0.2) is 18.2 Å². The van der Waals surface area contributed by atoms with Crippen molar-refractivity contribution in [2.24, 2.45) is 5.73 Å². The van der Waals surface area contributed by atoms with Gasteiger partial charge in [0.15, 0.2) is 11.5 Å². The fraction of sp³-hybridized carbons (Fsp3) is 0.455. The minimum atomic E-state index is -0.0875. The van der Waals surface area contributed by atoms with E-state index in [1.54, 1.807) is 0 Å². The van der Waals surface area contributed by atoms with Gasteiger partial charge in [0.2, 0.25) is 0 Å². The number of benzene rings is 1. The van der Waals surface area contributed by atoms with Gasteiger partial charge in [0, 0.05) is 5.54 Å². The first-order chi connectivity index (χ1) is 6.78. The smallest absolute Gasteiger partial charge is 0.161 e. The van der Waals surface area contributed by atoms with Crippen LogP contribution in [0, 0.1) is 0 Å². The molecule has 0 atom stereocenters. The molecule has 1 aliphatic carbocycles. The molecule has 1 aromatic rings.